The summed E-state index contributed by atoms with van der Waals surface area (Å²) in [6, 6.07) is 1.64. The molecule has 0 aliphatic heterocycles. The molecular formula is C10H8F2N2O2. The predicted molar refractivity (Wildman–Crippen MR) is 50.0 cm³/mol. The lowest BCUT2D eigenvalue weighted by molar-refractivity contribution is 0.0588. The van der Waals surface area contributed by atoms with Gasteiger partial charge in [0.2, 0.25) is 0 Å². The maximum atomic E-state index is 12.7. The van der Waals surface area contributed by atoms with Crippen molar-refractivity contribution in [3.63, 3.8) is 0 Å². The Morgan fingerprint density at radius 3 is 2.69 bits per heavy atom. The maximum Gasteiger partial charge on any atom is 0.339 e. The van der Waals surface area contributed by atoms with E-state index in [1.54, 1.807) is 6.07 Å². The van der Waals surface area contributed by atoms with Crippen LogP contribution in [0.25, 0.3) is 0 Å². The van der Waals surface area contributed by atoms with Crippen LogP contribution in [0.4, 0.5) is 8.78 Å². The van der Waals surface area contributed by atoms with E-state index in [0.29, 0.717) is 0 Å². The molecule has 1 heterocycles. The zero-order valence-electron chi connectivity index (χ0n) is 8.62. The van der Waals surface area contributed by atoms with Gasteiger partial charge in [-0.1, -0.05) is 0 Å². The number of aryl methyl sites for hydroxylation is 1. The van der Waals surface area contributed by atoms with Gasteiger partial charge in [0, 0.05) is 11.9 Å². The van der Waals surface area contributed by atoms with Crippen molar-refractivity contribution in [3.05, 3.63) is 28.6 Å². The zero-order valence-corrected chi connectivity index (χ0v) is 8.62. The first-order valence-electron chi connectivity index (χ1n) is 4.29. The van der Waals surface area contributed by atoms with Crippen molar-refractivity contribution in [2.24, 2.45) is 0 Å². The molecule has 0 unspecified atom stereocenters. The van der Waals surface area contributed by atoms with Crippen LogP contribution in [0.3, 0.4) is 0 Å². The Balaban J connectivity index is 3.57. The summed E-state index contributed by atoms with van der Waals surface area (Å²) in [6.45, 7) is 1.34. The third-order valence-electron chi connectivity index (χ3n) is 2.04. The molecule has 1 rings (SSSR count). The van der Waals surface area contributed by atoms with Gasteiger partial charge in [-0.15, -0.1) is 0 Å². The summed E-state index contributed by atoms with van der Waals surface area (Å²) in [5, 5.41) is 8.72. The molecule has 0 saturated carbocycles. The molecule has 16 heavy (non-hydrogen) atoms. The van der Waals surface area contributed by atoms with E-state index in [0.717, 1.165) is 13.3 Å². The summed E-state index contributed by atoms with van der Waals surface area (Å²) in [5.74, 6) is -0.961. The van der Waals surface area contributed by atoms with Crippen molar-refractivity contribution < 1.29 is 18.3 Å². The van der Waals surface area contributed by atoms with Crippen molar-refractivity contribution >= 4 is 5.97 Å². The van der Waals surface area contributed by atoms with Crippen LogP contribution in [0, 0.1) is 18.3 Å². The molecule has 0 fully saturated rings. The van der Waals surface area contributed by atoms with E-state index in [1.807, 2.05) is 0 Å². The van der Waals surface area contributed by atoms with Crippen molar-refractivity contribution in [1.29, 1.82) is 5.26 Å². The van der Waals surface area contributed by atoms with Gasteiger partial charge in [0.05, 0.1) is 23.8 Å². The number of carbonyl (C=O) groups excluding carboxylic acids is 1. The molecule has 0 aromatic carbocycles. The van der Waals surface area contributed by atoms with Crippen LogP contribution in [0.1, 0.15) is 33.6 Å². The van der Waals surface area contributed by atoms with E-state index in [2.05, 4.69) is 9.72 Å². The second-order valence-electron chi connectivity index (χ2n) is 2.95. The highest BCUT2D eigenvalue weighted by atomic mass is 19.3. The Labute approximate surface area is 90.5 Å². The Morgan fingerprint density at radius 2 is 2.25 bits per heavy atom. The van der Waals surface area contributed by atoms with Gasteiger partial charge in [0.25, 0.3) is 6.43 Å². The van der Waals surface area contributed by atoms with Crippen molar-refractivity contribution in [2.75, 3.05) is 7.11 Å². The first-order valence-corrected chi connectivity index (χ1v) is 4.29. The molecule has 0 N–H and O–H groups in total. The van der Waals surface area contributed by atoms with Crippen molar-refractivity contribution in [2.45, 2.75) is 13.3 Å². The lowest BCUT2D eigenvalue weighted by Gasteiger charge is -2.10. The van der Waals surface area contributed by atoms with Crippen LogP contribution in [-0.4, -0.2) is 18.1 Å². The molecule has 1 aromatic heterocycles. The number of methoxy groups -OCH3 is 1. The molecule has 0 amide bonds. The normalized spacial score (nSPS) is 10.0. The minimum absolute atomic E-state index is 0.00870. The van der Waals surface area contributed by atoms with E-state index in [1.165, 1.54) is 6.92 Å². The number of rotatable bonds is 2. The highest BCUT2D eigenvalue weighted by molar-refractivity contribution is 5.94. The molecule has 0 atom stereocenters. The summed E-state index contributed by atoms with van der Waals surface area (Å²) in [7, 11) is 1.06. The van der Waals surface area contributed by atoms with Gasteiger partial charge in [0.15, 0.2) is 0 Å². The number of nitriles is 1. The minimum Gasteiger partial charge on any atom is -0.465 e. The highest BCUT2D eigenvalue weighted by Gasteiger charge is 2.25. The van der Waals surface area contributed by atoms with E-state index < -0.39 is 23.5 Å². The Morgan fingerprint density at radius 1 is 1.62 bits per heavy atom. The Bertz CT molecular complexity index is 467. The number of esters is 1. The number of hydrogen-bond donors (Lipinski definition) is 0. The van der Waals surface area contributed by atoms with Gasteiger partial charge in [-0.25, -0.2) is 13.6 Å². The second kappa shape index (κ2) is 4.66. The van der Waals surface area contributed by atoms with Crippen LogP contribution in [0.15, 0.2) is 6.20 Å². The van der Waals surface area contributed by atoms with Crippen molar-refractivity contribution in [3.8, 4) is 6.07 Å². The molecule has 0 bridgehead atoms. The Hall–Kier alpha value is -2.03. The third-order valence-corrected chi connectivity index (χ3v) is 2.04. The van der Waals surface area contributed by atoms with Gasteiger partial charge in [-0.2, -0.15) is 5.26 Å². The maximum absolute atomic E-state index is 12.7. The fourth-order valence-corrected chi connectivity index (χ4v) is 1.30. The molecule has 4 nitrogen and oxygen atoms in total. The molecule has 0 radical (unpaired) electrons. The molecule has 1 aromatic rings. The number of ether oxygens (including phenoxy) is 1. The molecule has 0 saturated heterocycles. The number of aromatic nitrogens is 1. The highest BCUT2D eigenvalue weighted by Crippen LogP contribution is 2.27. The smallest absolute Gasteiger partial charge is 0.339 e. The molecule has 0 aliphatic carbocycles. The number of nitrogens with zero attached hydrogens (tertiary/aromatic N) is 2. The zero-order chi connectivity index (χ0) is 12.3. The summed E-state index contributed by atoms with van der Waals surface area (Å²) < 4.78 is 29.9. The Kier molecular flexibility index (Phi) is 3.51. The van der Waals surface area contributed by atoms with E-state index >= 15 is 0 Å². The number of carbonyl (C=O) groups is 1. The SMILES string of the molecule is COC(=O)c1c(C#N)cnc(C)c1C(F)F. The number of hydrogen-bond acceptors (Lipinski definition) is 4. The number of pyridine rings is 1. The number of halogens is 2. The second-order valence-corrected chi connectivity index (χ2v) is 2.95. The van der Waals surface area contributed by atoms with Crippen molar-refractivity contribution in [1.82, 2.24) is 4.98 Å². The lowest BCUT2D eigenvalue weighted by atomic mass is 10.0. The molecule has 84 valence electrons. The van der Waals surface area contributed by atoms with Gasteiger partial charge in [-0.3, -0.25) is 4.98 Å². The summed E-state index contributed by atoms with van der Waals surface area (Å²) in [6.07, 6.45) is -1.80. The molecule has 6 heteroatoms. The summed E-state index contributed by atoms with van der Waals surface area (Å²) in [5.41, 5.74) is -1.17. The van der Waals surface area contributed by atoms with Crippen LogP contribution in [0.5, 0.6) is 0 Å². The van der Waals surface area contributed by atoms with E-state index in [4.69, 9.17) is 5.26 Å². The third kappa shape index (κ3) is 1.98. The molecular weight excluding hydrogens is 218 g/mol. The van der Waals surface area contributed by atoms with Crippen LogP contribution < -0.4 is 0 Å². The van der Waals surface area contributed by atoms with E-state index in [9.17, 15) is 13.6 Å². The standard InChI is InChI=1S/C10H8F2N2O2/c1-5-7(9(11)12)8(10(15)16-2)6(3-13)4-14-5/h4,9H,1-2H3. The molecule has 0 aliphatic rings. The minimum atomic E-state index is -2.88. The topological polar surface area (TPSA) is 63.0 Å². The average molecular weight is 226 g/mol. The fourth-order valence-electron chi connectivity index (χ4n) is 1.30. The number of alkyl halides is 2. The molecule has 0 spiro atoms. The first-order chi connectivity index (χ1) is 7.52. The van der Waals surface area contributed by atoms with Crippen LogP contribution in [-0.2, 0) is 4.74 Å². The van der Waals surface area contributed by atoms with Gasteiger partial charge >= 0.3 is 5.97 Å². The quantitative estimate of drug-likeness (QED) is 0.723. The first kappa shape index (κ1) is 12.0. The van der Waals surface area contributed by atoms with Crippen LogP contribution >= 0.6 is 0 Å². The fraction of sp³-hybridized carbons (Fsp3) is 0.300. The van der Waals surface area contributed by atoms with Gasteiger partial charge in [0.1, 0.15) is 6.07 Å². The van der Waals surface area contributed by atoms with Crippen LogP contribution in [0.2, 0.25) is 0 Å². The van der Waals surface area contributed by atoms with Gasteiger partial charge in [-0.05, 0) is 6.92 Å². The summed E-state index contributed by atoms with van der Waals surface area (Å²) in [4.78, 5) is 15.0. The lowest BCUT2D eigenvalue weighted by Crippen LogP contribution is -2.11. The monoisotopic (exact) mass is 226 g/mol. The predicted octanol–water partition coefficient (Wildman–Crippen LogP) is 1.99. The summed E-state index contributed by atoms with van der Waals surface area (Å²) >= 11 is 0. The van der Waals surface area contributed by atoms with Gasteiger partial charge < -0.3 is 4.74 Å². The average Bonchev–Trinajstić information content (AvgIpc) is 2.27. The largest absolute Gasteiger partial charge is 0.465 e. The van der Waals surface area contributed by atoms with E-state index in [-0.39, 0.29) is 11.3 Å².